The zero-order valence-electron chi connectivity index (χ0n) is 16.9. The van der Waals surface area contributed by atoms with Crippen LogP contribution in [0.5, 0.6) is 5.75 Å². The van der Waals surface area contributed by atoms with E-state index in [0.29, 0.717) is 5.92 Å². The van der Waals surface area contributed by atoms with Crippen LogP contribution in [0.4, 0.5) is 0 Å². The van der Waals surface area contributed by atoms with E-state index in [1.807, 2.05) is 6.92 Å². The summed E-state index contributed by atoms with van der Waals surface area (Å²) >= 11 is 0. The molecule has 1 aromatic rings. The molecule has 1 amide bonds. The van der Waals surface area contributed by atoms with Crippen LogP contribution in [0.25, 0.3) is 0 Å². The molecular formula is C24H31NO3. The molecule has 0 spiro atoms. The Hall–Kier alpha value is -2.23. The lowest BCUT2D eigenvalue weighted by molar-refractivity contribution is -0.120. The molecule has 1 aliphatic heterocycles. The number of aryl methyl sites for hydroxylation is 1. The Bertz CT molecular complexity index is 761. The fourth-order valence-corrected chi connectivity index (χ4v) is 4.00. The first-order valence-corrected chi connectivity index (χ1v) is 10.6. The van der Waals surface area contributed by atoms with E-state index in [1.54, 1.807) is 6.92 Å². The Kier molecular flexibility index (Phi) is 5.74. The van der Waals surface area contributed by atoms with Crippen molar-refractivity contribution in [3.63, 3.8) is 0 Å². The van der Waals surface area contributed by atoms with Crippen molar-refractivity contribution in [2.24, 2.45) is 11.8 Å². The van der Waals surface area contributed by atoms with Gasteiger partial charge in [-0.2, -0.15) is 0 Å². The Morgan fingerprint density at radius 1 is 1.29 bits per heavy atom. The van der Waals surface area contributed by atoms with Crippen LogP contribution in [-0.4, -0.2) is 24.7 Å². The fraction of sp³-hybridized carbons (Fsp3) is 0.542. The Balaban J connectivity index is 1.26. The van der Waals surface area contributed by atoms with Gasteiger partial charge in [-0.1, -0.05) is 18.2 Å². The molecule has 1 unspecified atom stereocenters. The maximum Gasteiger partial charge on any atom is 0.217 e. The average Bonchev–Trinajstić information content (AvgIpc) is 3.41. The summed E-state index contributed by atoms with van der Waals surface area (Å²) in [7, 11) is 0. The van der Waals surface area contributed by atoms with Crippen molar-refractivity contribution in [2.75, 3.05) is 6.61 Å². The number of amides is 1. The summed E-state index contributed by atoms with van der Waals surface area (Å²) in [5.41, 5.74) is 2.66. The van der Waals surface area contributed by atoms with E-state index in [2.05, 4.69) is 41.7 Å². The average molecular weight is 382 g/mol. The van der Waals surface area contributed by atoms with Crippen LogP contribution in [0.1, 0.15) is 51.5 Å². The minimum Gasteiger partial charge on any atom is -0.493 e. The molecule has 0 radical (unpaired) electrons. The summed E-state index contributed by atoms with van der Waals surface area (Å²) < 4.78 is 12.0. The lowest BCUT2D eigenvalue weighted by Gasteiger charge is -2.20. The van der Waals surface area contributed by atoms with E-state index in [0.717, 1.165) is 49.7 Å². The van der Waals surface area contributed by atoms with E-state index in [9.17, 15) is 4.79 Å². The van der Waals surface area contributed by atoms with Gasteiger partial charge in [-0.05, 0) is 80.2 Å². The third kappa shape index (κ3) is 4.98. The summed E-state index contributed by atoms with van der Waals surface area (Å²) in [5, 5.41) is 2.95. The molecule has 1 aromatic carbocycles. The highest BCUT2D eigenvalue weighted by atomic mass is 16.5. The summed E-state index contributed by atoms with van der Waals surface area (Å²) in [5.74, 6) is 3.31. The third-order valence-corrected chi connectivity index (χ3v) is 5.97. The highest BCUT2D eigenvalue weighted by Crippen LogP contribution is 2.37. The topological polar surface area (TPSA) is 47.6 Å². The largest absolute Gasteiger partial charge is 0.493 e. The van der Waals surface area contributed by atoms with Crippen LogP contribution in [0.15, 0.2) is 47.7 Å². The van der Waals surface area contributed by atoms with E-state index in [-0.39, 0.29) is 18.1 Å². The molecule has 1 saturated heterocycles. The van der Waals surface area contributed by atoms with E-state index >= 15 is 0 Å². The predicted molar refractivity (Wildman–Crippen MR) is 110 cm³/mol. The van der Waals surface area contributed by atoms with Gasteiger partial charge in [0.2, 0.25) is 5.91 Å². The first kappa shape index (κ1) is 19.1. The minimum absolute atomic E-state index is 0.00392. The maximum absolute atomic E-state index is 11.3. The van der Waals surface area contributed by atoms with Crippen LogP contribution >= 0.6 is 0 Å². The van der Waals surface area contributed by atoms with E-state index < -0.39 is 0 Å². The number of rotatable bonds is 8. The van der Waals surface area contributed by atoms with Crippen molar-refractivity contribution in [1.29, 1.82) is 0 Å². The van der Waals surface area contributed by atoms with Gasteiger partial charge < -0.3 is 14.8 Å². The van der Waals surface area contributed by atoms with Gasteiger partial charge in [0, 0.05) is 13.3 Å². The van der Waals surface area contributed by atoms with E-state index in [1.165, 1.54) is 24.0 Å². The van der Waals surface area contributed by atoms with Gasteiger partial charge in [0.05, 0.1) is 12.6 Å². The van der Waals surface area contributed by atoms with Gasteiger partial charge >= 0.3 is 0 Å². The third-order valence-electron chi connectivity index (χ3n) is 5.97. The molecule has 4 nitrogen and oxygen atoms in total. The number of ether oxygens (including phenoxy) is 2. The molecule has 3 atom stereocenters. The number of allylic oxidation sites excluding steroid dienone is 3. The van der Waals surface area contributed by atoms with Crippen LogP contribution < -0.4 is 10.1 Å². The van der Waals surface area contributed by atoms with Gasteiger partial charge in [0.1, 0.15) is 17.6 Å². The van der Waals surface area contributed by atoms with Crippen molar-refractivity contribution in [1.82, 2.24) is 5.32 Å². The second-order valence-corrected chi connectivity index (χ2v) is 8.54. The fourth-order valence-electron chi connectivity index (χ4n) is 4.00. The van der Waals surface area contributed by atoms with Gasteiger partial charge in [0.15, 0.2) is 0 Å². The molecule has 2 aliphatic carbocycles. The lowest BCUT2D eigenvalue weighted by Crippen LogP contribution is -2.39. The van der Waals surface area contributed by atoms with Crippen molar-refractivity contribution >= 4 is 5.91 Å². The molecule has 150 valence electrons. The van der Waals surface area contributed by atoms with Crippen molar-refractivity contribution < 1.29 is 14.3 Å². The number of nitrogens with one attached hydrogen (secondary N) is 1. The standard InChI is InChI=1S/C24H31NO3/c1-16(25-17(2)26)23-14-21-10-7-19(13-24(21)28-23)4-3-18-8-11-22(12-9-18)27-15-20-5-6-20/h8-13,16,19-20,23H,3-7,14-15H2,1-2H3,(H,25,26)/t16-,19?,23+/m0/s1. The minimum atomic E-state index is -0.00392. The molecule has 0 aromatic heterocycles. The molecule has 1 saturated carbocycles. The van der Waals surface area contributed by atoms with Crippen LogP contribution in [0, 0.1) is 11.8 Å². The van der Waals surface area contributed by atoms with Crippen LogP contribution in [0.2, 0.25) is 0 Å². The molecule has 4 rings (SSSR count). The van der Waals surface area contributed by atoms with E-state index in [4.69, 9.17) is 9.47 Å². The zero-order chi connectivity index (χ0) is 19.5. The number of carbonyl (C=O) groups is 1. The van der Waals surface area contributed by atoms with Crippen molar-refractivity contribution in [3.05, 3.63) is 53.3 Å². The molecule has 2 fully saturated rings. The Morgan fingerprint density at radius 2 is 2.07 bits per heavy atom. The molecular weight excluding hydrogens is 350 g/mol. The molecule has 28 heavy (non-hydrogen) atoms. The number of benzene rings is 1. The van der Waals surface area contributed by atoms with Gasteiger partial charge in [0.25, 0.3) is 0 Å². The van der Waals surface area contributed by atoms with Gasteiger partial charge in [-0.15, -0.1) is 0 Å². The SMILES string of the molecule is CC(=O)N[C@@H](C)[C@H]1CC2=CCC(CCc3ccc(OCC4CC4)cc3)C=C2O1. The monoisotopic (exact) mass is 381 g/mol. The maximum atomic E-state index is 11.3. The number of hydrogen-bond donors (Lipinski definition) is 1. The highest BCUT2D eigenvalue weighted by Gasteiger charge is 2.32. The predicted octanol–water partition coefficient (Wildman–Crippen LogP) is 4.55. The van der Waals surface area contributed by atoms with Crippen LogP contribution in [-0.2, 0) is 16.0 Å². The zero-order valence-corrected chi connectivity index (χ0v) is 16.9. The number of carbonyl (C=O) groups excluding carboxylic acids is 1. The van der Waals surface area contributed by atoms with Gasteiger partial charge in [-0.25, -0.2) is 0 Å². The second kappa shape index (κ2) is 8.42. The molecule has 1 N–H and O–H groups in total. The van der Waals surface area contributed by atoms with Crippen molar-refractivity contribution in [2.45, 2.75) is 64.5 Å². The Morgan fingerprint density at radius 3 is 2.79 bits per heavy atom. The Labute approximate surface area is 168 Å². The quantitative estimate of drug-likeness (QED) is 0.718. The van der Waals surface area contributed by atoms with Gasteiger partial charge in [-0.3, -0.25) is 4.79 Å². The number of hydrogen-bond acceptors (Lipinski definition) is 3. The van der Waals surface area contributed by atoms with Crippen LogP contribution in [0.3, 0.4) is 0 Å². The molecule has 4 heteroatoms. The first-order chi connectivity index (χ1) is 13.6. The van der Waals surface area contributed by atoms with Crippen molar-refractivity contribution in [3.8, 4) is 5.75 Å². The molecule has 0 bridgehead atoms. The smallest absolute Gasteiger partial charge is 0.217 e. The highest BCUT2D eigenvalue weighted by molar-refractivity contribution is 5.73. The lowest BCUT2D eigenvalue weighted by atomic mass is 9.89. The second-order valence-electron chi connectivity index (χ2n) is 8.54. The summed E-state index contributed by atoms with van der Waals surface area (Å²) in [6.07, 6.45) is 11.5. The summed E-state index contributed by atoms with van der Waals surface area (Å²) in [6.45, 7) is 4.43. The molecule has 3 aliphatic rings. The normalized spacial score (nSPS) is 24.5. The summed E-state index contributed by atoms with van der Waals surface area (Å²) in [6, 6.07) is 8.61. The first-order valence-electron chi connectivity index (χ1n) is 10.6. The summed E-state index contributed by atoms with van der Waals surface area (Å²) in [4.78, 5) is 11.3. The number of fused-ring (bicyclic) bond motifs is 1. The molecule has 1 heterocycles.